The Morgan fingerprint density at radius 1 is 1.28 bits per heavy atom. The second-order valence-electron chi connectivity index (χ2n) is 4.35. The van der Waals surface area contributed by atoms with Gasteiger partial charge in [0.15, 0.2) is 0 Å². The van der Waals surface area contributed by atoms with Crippen molar-refractivity contribution in [1.29, 1.82) is 0 Å². The number of aromatic nitrogens is 2. The van der Waals surface area contributed by atoms with Gasteiger partial charge in [-0.2, -0.15) is 0 Å². The van der Waals surface area contributed by atoms with Gasteiger partial charge in [-0.25, -0.2) is 4.98 Å². The van der Waals surface area contributed by atoms with Crippen molar-refractivity contribution in [3.63, 3.8) is 0 Å². The molecule has 1 aromatic carbocycles. The van der Waals surface area contributed by atoms with E-state index in [1.807, 2.05) is 13.0 Å². The molecule has 1 atom stereocenters. The molecule has 2 rings (SSSR count). The first-order valence-electron chi connectivity index (χ1n) is 6.03. The molecule has 0 radical (unpaired) electrons. The highest BCUT2D eigenvalue weighted by Gasteiger charge is 2.16. The van der Waals surface area contributed by atoms with E-state index in [9.17, 15) is 0 Å². The van der Waals surface area contributed by atoms with E-state index in [1.165, 1.54) is 0 Å². The van der Waals surface area contributed by atoms with E-state index in [-0.39, 0.29) is 5.38 Å². The molecule has 98 valence electrons. The lowest BCUT2D eigenvalue weighted by Gasteiger charge is -2.09. The molecule has 18 heavy (non-hydrogen) atoms. The molecule has 0 spiro atoms. The minimum absolute atomic E-state index is 0.133. The zero-order chi connectivity index (χ0) is 13.3. The van der Waals surface area contributed by atoms with Crippen LogP contribution in [0.2, 0.25) is 10.0 Å². The van der Waals surface area contributed by atoms with Crippen molar-refractivity contribution in [2.75, 3.05) is 0 Å². The molecular weight excluding hydrogens is 291 g/mol. The highest BCUT2D eigenvalue weighted by molar-refractivity contribution is 6.42. The van der Waals surface area contributed by atoms with Gasteiger partial charge in [0.05, 0.1) is 26.5 Å². The second-order valence-corrected chi connectivity index (χ2v) is 5.82. The van der Waals surface area contributed by atoms with Gasteiger partial charge in [0.2, 0.25) is 0 Å². The van der Waals surface area contributed by atoms with Crippen molar-refractivity contribution < 1.29 is 0 Å². The quantitative estimate of drug-likeness (QED) is 0.687. The van der Waals surface area contributed by atoms with Gasteiger partial charge in [-0.15, -0.1) is 11.6 Å². The van der Waals surface area contributed by atoms with Crippen LogP contribution in [0.4, 0.5) is 0 Å². The predicted molar refractivity (Wildman–Crippen MR) is 78.9 cm³/mol. The van der Waals surface area contributed by atoms with Crippen LogP contribution >= 0.6 is 34.8 Å². The van der Waals surface area contributed by atoms with E-state index in [0.717, 1.165) is 36.2 Å². The molecule has 0 aliphatic rings. The van der Waals surface area contributed by atoms with Crippen molar-refractivity contribution in [2.24, 2.45) is 0 Å². The smallest absolute Gasteiger partial charge is 0.127 e. The molecular formula is C13H15Cl3N2. The number of imidazole rings is 1. The van der Waals surface area contributed by atoms with Crippen LogP contribution in [0.3, 0.4) is 0 Å². The summed E-state index contributed by atoms with van der Waals surface area (Å²) in [6, 6.07) is 3.66. The number of hydrogen-bond donors (Lipinski definition) is 0. The van der Waals surface area contributed by atoms with Crippen molar-refractivity contribution in [1.82, 2.24) is 9.55 Å². The summed E-state index contributed by atoms with van der Waals surface area (Å²) in [5, 5.41) is 0.945. The third kappa shape index (κ3) is 2.61. The van der Waals surface area contributed by atoms with E-state index in [4.69, 9.17) is 34.8 Å². The number of nitrogens with zero attached hydrogens (tertiary/aromatic N) is 2. The molecule has 2 nitrogen and oxygen atoms in total. The first kappa shape index (κ1) is 14.0. The molecule has 0 saturated heterocycles. The van der Waals surface area contributed by atoms with Gasteiger partial charge in [-0.3, -0.25) is 0 Å². The summed E-state index contributed by atoms with van der Waals surface area (Å²) in [5.74, 6) is 0.874. The first-order valence-corrected chi connectivity index (χ1v) is 7.23. The molecule has 1 aromatic heterocycles. The lowest BCUT2D eigenvalue weighted by atomic mass is 10.3. The number of alkyl halides is 1. The number of hydrogen-bond acceptors (Lipinski definition) is 1. The zero-order valence-electron chi connectivity index (χ0n) is 10.4. The van der Waals surface area contributed by atoms with E-state index < -0.39 is 0 Å². The molecule has 0 fully saturated rings. The molecule has 5 heteroatoms. The van der Waals surface area contributed by atoms with Crippen LogP contribution in [0.1, 0.15) is 37.9 Å². The molecule has 2 aromatic rings. The van der Waals surface area contributed by atoms with E-state index >= 15 is 0 Å². The van der Waals surface area contributed by atoms with Crippen LogP contribution < -0.4 is 0 Å². The Morgan fingerprint density at radius 3 is 2.56 bits per heavy atom. The normalized spacial score (nSPS) is 13.2. The fourth-order valence-corrected chi connectivity index (χ4v) is 2.48. The molecule has 1 heterocycles. The Labute approximate surface area is 122 Å². The number of halogens is 3. The van der Waals surface area contributed by atoms with Crippen LogP contribution in [0.25, 0.3) is 11.0 Å². The average Bonchev–Trinajstić information content (AvgIpc) is 2.65. The summed E-state index contributed by atoms with van der Waals surface area (Å²) in [7, 11) is 0. The Balaban J connectivity index is 2.61. The molecule has 0 saturated carbocycles. The number of unbranched alkanes of at least 4 members (excludes halogenated alkanes) is 1. The molecule has 0 bridgehead atoms. The van der Waals surface area contributed by atoms with E-state index in [0.29, 0.717) is 10.0 Å². The summed E-state index contributed by atoms with van der Waals surface area (Å²) < 4.78 is 2.14. The SMILES string of the molecule is CCCCn1c(C(C)Cl)nc2cc(Cl)c(Cl)cc21. The Kier molecular flexibility index (Phi) is 4.41. The molecule has 0 aliphatic heterocycles. The van der Waals surface area contributed by atoms with Crippen LogP contribution in [0.15, 0.2) is 12.1 Å². The lowest BCUT2D eigenvalue weighted by Crippen LogP contribution is -2.04. The molecule has 1 unspecified atom stereocenters. The van der Waals surface area contributed by atoms with Crippen molar-refractivity contribution >= 4 is 45.8 Å². The third-order valence-electron chi connectivity index (χ3n) is 2.91. The number of fused-ring (bicyclic) bond motifs is 1. The highest BCUT2D eigenvalue weighted by atomic mass is 35.5. The van der Waals surface area contributed by atoms with E-state index in [1.54, 1.807) is 6.07 Å². The third-order valence-corrected chi connectivity index (χ3v) is 3.83. The summed E-state index contributed by atoms with van der Waals surface area (Å²) in [5.41, 5.74) is 1.85. The number of aryl methyl sites for hydroxylation is 1. The van der Waals surface area contributed by atoms with Gasteiger partial charge in [0.1, 0.15) is 5.82 Å². The summed E-state index contributed by atoms with van der Waals surface area (Å²) in [6.45, 7) is 4.98. The van der Waals surface area contributed by atoms with Gasteiger partial charge in [0, 0.05) is 6.54 Å². The molecule has 0 amide bonds. The maximum atomic E-state index is 6.19. The fourth-order valence-electron chi connectivity index (χ4n) is 1.99. The lowest BCUT2D eigenvalue weighted by molar-refractivity contribution is 0.616. The van der Waals surface area contributed by atoms with Crippen molar-refractivity contribution in [3.8, 4) is 0 Å². The summed E-state index contributed by atoms with van der Waals surface area (Å²) in [4.78, 5) is 4.55. The topological polar surface area (TPSA) is 17.8 Å². The monoisotopic (exact) mass is 304 g/mol. The Hall–Kier alpha value is -0.440. The van der Waals surface area contributed by atoms with Crippen LogP contribution in [-0.4, -0.2) is 9.55 Å². The fraction of sp³-hybridized carbons (Fsp3) is 0.462. The van der Waals surface area contributed by atoms with Gasteiger partial charge in [-0.05, 0) is 25.5 Å². The van der Waals surface area contributed by atoms with Crippen molar-refractivity contribution in [3.05, 3.63) is 28.0 Å². The molecule has 0 N–H and O–H groups in total. The standard InChI is InChI=1S/C13H15Cl3N2/c1-3-4-5-18-12-7-10(16)9(15)6-11(12)17-13(18)8(2)14/h6-8H,3-5H2,1-2H3. The van der Waals surface area contributed by atoms with Crippen LogP contribution in [0.5, 0.6) is 0 Å². The predicted octanol–water partition coefficient (Wildman–Crippen LogP) is 5.44. The Morgan fingerprint density at radius 2 is 1.94 bits per heavy atom. The minimum Gasteiger partial charge on any atom is -0.327 e. The van der Waals surface area contributed by atoms with Gasteiger partial charge >= 0.3 is 0 Å². The molecule has 0 aliphatic carbocycles. The van der Waals surface area contributed by atoms with Gasteiger partial charge in [0.25, 0.3) is 0 Å². The maximum absolute atomic E-state index is 6.19. The minimum atomic E-state index is -0.133. The first-order chi connectivity index (χ1) is 8.54. The van der Waals surface area contributed by atoms with Gasteiger partial charge in [-0.1, -0.05) is 36.5 Å². The zero-order valence-corrected chi connectivity index (χ0v) is 12.6. The van der Waals surface area contributed by atoms with Crippen LogP contribution in [-0.2, 0) is 6.54 Å². The number of rotatable bonds is 4. The highest BCUT2D eigenvalue weighted by Crippen LogP contribution is 2.31. The van der Waals surface area contributed by atoms with E-state index in [2.05, 4.69) is 16.5 Å². The number of benzene rings is 1. The van der Waals surface area contributed by atoms with Crippen molar-refractivity contribution in [2.45, 2.75) is 38.6 Å². The largest absolute Gasteiger partial charge is 0.327 e. The summed E-state index contributed by atoms with van der Waals surface area (Å²) >= 11 is 18.3. The second kappa shape index (κ2) is 5.68. The maximum Gasteiger partial charge on any atom is 0.127 e. The Bertz CT molecular complexity index is 561. The average molecular weight is 306 g/mol. The summed E-state index contributed by atoms with van der Waals surface area (Å²) in [6.07, 6.45) is 2.21. The van der Waals surface area contributed by atoms with Crippen LogP contribution in [0, 0.1) is 0 Å². The van der Waals surface area contributed by atoms with Gasteiger partial charge < -0.3 is 4.57 Å².